The normalized spacial score (nSPS) is 24.6. The Hall–Kier alpha value is -1.53. The third-order valence-electron chi connectivity index (χ3n) is 4.20. The van der Waals surface area contributed by atoms with Gasteiger partial charge in [0.1, 0.15) is 6.04 Å². The van der Waals surface area contributed by atoms with Crippen LogP contribution in [0.25, 0.3) is 0 Å². The van der Waals surface area contributed by atoms with Gasteiger partial charge < -0.3 is 20.0 Å². The third-order valence-corrected chi connectivity index (χ3v) is 4.20. The Morgan fingerprint density at radius 1 is 1.32 bits per heavy atom. The molecule has 7 heteroatoms. The van der Waals surface area contributed by atoms with Gasteiger partial charge in [-0.25, -0.2) is 0 Å². The number of carbonyl (C=O) groups excluding carboxylic acids is 2. The second-order valence-corrected chi connectivity index (χ2v) is 5.69. The SMILES string of the molecule is Cl.O=C(NC1CCNC1)C1CCCCN1C(=O)c1ccco1. The summed E-state index contributed by atoms with van der Waals surface area (Å²) in [6.07, 6.45) is 5.06. The summed E-state index contributed by atoms with van der Waals surface area (Å²) in [7, 11) is 0. The molecule has 3 rings (SSSR count). The van der Waals surface area contributed by atoms with Gasteiger partial charge in [-0.1, -0.05) is 0 Å². The Balaban J connectivity index is 0.00000176. The number of nitrogens with one attached hydrogen (secondary N) is 2. The highest BCUT2D eigenvalue weighted by Gasteiger charge is 2.34. The topological polar surface area (TPSA) is 74.6 Å². The van der Waals surface area contributed by atoms with E-state index in [0.717, 1.165) is 38.8 Å². The molecule has 2 aliphatic heterocycles. The second-order valence-electron chi connectivity index (χ2n) is 5.69. The van der Waals surface area contributed by atoms with Crippen LogP contribution in [0.15, 0.2) is 22.8 Å². The molecule has 2 unspecified atom stereocenters. The van der Waals surface area contributed by atoms with Crippen LogP contribution in [0.4, 0.5) is 0 Å². The first-order chi connectivity index (χ1) is 10.3. The van der Waals surface area contributed by atoms with E-state index in [1.165, 1.54) is 6.26 Å². The van der Waals surface area contributed by atoms with Crippen LogP contribution in [0.1, 0.15) is 36.2 Å². The van der Waals surface area contributed by atoms with Crippen LogP contribution in [-0.2, 0) is 4.79 Å². The van der Waals surface area contributed by atoms with Gasteiger partial charge >= 0.3 is 0 Å². The van der Waals surface area contributed by atoms with Crippen molar-refractivity contribution in [2.24, 2.45) is 0 Å². The maximum atomic E-state index is 12.5. The zero-order chi connectivity index (χ0) is 14.7. The summed E-state index contributed by atoms with van der Waals surface area (Å²) in [4.78, 5) is 26.6. The van der Waals surface area contributed by atoms with Crippen molar-refractivity contribution in [1.82, 2.24) is 15.5 Å². The van der Waals surface area contributed by atoms with E-state index in [4.69, 9.17) is 4.42 Å². The Labute approximate surface area is 136 Å². The third kappa shape index (κ3) is 3.62. The van der Waals surface area contributed by atoms with E-state index in [-0.39, 0.29) is 36.3 Å². The molecule has 0 saturated carbocycles. The maximum absolute atomic E-state index is 12.5. The summed E-state index contributed by atoms with van der Waals surface area (Å²) in [6, 6.07) is 3.14. The van der Waals surface area contributed by atoms with Crippen molar-refractivity contribution >= 4 is 24.2 Å². The molecule has 0 aliphatic carbocycles. The molecule has 0 spiro atoms. The van der Waals surface area contributed by atoms with Gasteiger partial charge in [0.15, 0.2) is 5.76 Å². The fourth-order valence-electron chi connectivity index (χ4n) is 3.06. The fourth-order valence-corrected chi connectivity index (χ4v) is 3.06. The summed E-state index contributed by atoms with van der Waals surface area (Å²) < 4.78 is 5.18. The lowest BCUT2D eigenvalue weighted by Crippen LogP contribution is -2.54. The molecule has 2 saturated heterocycles. The van der Waals surface area contributed by atoms with E-state index in [2.05, 4.69) is 10.6 Å². The summed E-state index contributed by atoms with van der Waals surface area (Å²) >= 11 is 0. The highest BCUT2D eigenvalue weighted by Crippen LogP contribution is 2.20. The van der Waals surface area contributed by atoms with E-state index in [1.807, 2.05) is 0 Å². The molecule has 22 heavy (non-hydrogen) atoms. The van der Waals surface area contributed by atoms with Gasteiger partial charge in [-0.3, -0.25) is 9.59 Å². The van der Waals surface area contributed by atoms with Gasteiger partial charge in [-0.15, -0.1) is 12.4 Å². The predicted molar refractivity (Wildman–Crippen MR) is 84.0 cm³/mol. The number of halogens is 1. The molecule has 2 fully saturated rings. The van der Waals surface area contributed by atoms with Crippen LogP contribution in [-0.4, -0.2) is 48.4 Å². The summed E-state index contributed by atoms with van der Waals surface area (Å²) in [5.41, 5.74) is 0. The van der Waals surface area contributed by atoms with E-state index in [9.17, 15) is 9.59 Å². The van der Waals surface area contributed by atoms with Crippen molar-refractivity contribution in [3.63, 3.8) is 0 Å². The van der Waals surface area contributed by atoms with Gasteiger partial charge in [0.2, 0.25) is 5.91 Å². The molecule has 0 radical (unpaired) electrons. The van der Waals surface area contributed by atoms with Crippen molar-refractivity contribution in [3.8, 4) is 0 Å². The lowest BCUT2D eigenvalue weighted by atomic mass is 10.0. The number of hydrogen-bond acceptors (Lipinski definition) is 4. The van der Waals surface area contributed by atoms with Gasteiger partial charge in [0.25, 0.3) is 5.91 Å². The Kier molecular flexibility index (Phi) is 5.85. The molecule has 122 valence electrons. The minimum absolute atomic E-state index is 0. The Morgan fingerprint density at radius 3 is 2.86 bits per heavy atom. The standard InChI is InChI=1S/C15H21N3O3.ClH/c19-14(17-11-6-7-16-10-11)12-4-1-2-8-18(12)15(20)13-5-3-9-21-13;/h3,5,9,11-12,16H,1-2,4,6-8,10H2,(H,17,19);1H. The average Bonchev–Trinajstić information content (AvgIpc) is 3.19. The van der Waals surface area contributed by atoms with Crippen LogP contribution in [0.2, 0.25) is 0 Å². The first-order valence-electron chi connectivity index (χ1n) is 7.61. The summed E-state index contributed by atoms with van der Waals surface area (Å²) in [5, 5.41) is 6.28. The van der Waals surface area contributed by atoms with E-state index >= 15 is 0 Å². The van der Waals surface area contributed by atoms with Crippen LogP contribution in [0.5, 0.6) is 0 Å². The molecule has 0 aromatic carbocycles. The van der Waals surface area contributed by atoms with Crippen LogP contribution >= 0.6 is 12.4 Å². The largest absolute Gasteiger partial charge is 0.459 e. The molecular weight excluding hydrogens is 306 g/mol. The molecule has 2 N–H and O–H groups in total. The van der Waals surface area contributed by atoms with Gasteiger partial charge in [0, 0.05) is 19.1 Å². The van der Waals surface area contributed by atoms with E-state index < -0.39 is 0 Å². The number of likely N-dealkylation sites (tertiary alicyclic amines) is 1. The minimum atomic E-state index is -0.378. The highest BCUT2D eigenvalue weighted by molar-refractivity contribution is 5.95. The molecule has 1 aromatic heterocycles. The van der Waals surface area contributed by atoms with Crippen molar-refractivity contribution in [2.75, 3.05) is 19.6 Å². The van der Waals surface area contributed by atoms with Gasteiger partial charge in [-0.2, -0.15) is 0 Å². The number of nitrogens with zero attached hydrogens (tertiary/aromatic N) is 1. The Bertz CT molecular complexity index is 500. The van der Waals surface area contributed by atoms with E-state index in [1.54, 1.807) is 17.0 Å². The number of hydrogen-bond donors (Lipinski definition) is 2. The van der Waals surface area contributed by atoms with Gasteiger partial charge in [0.05, 0.1) is 6.26 Å². The fraction of sp³-hybridized carbons (Fsp3) is 0.600. The lowest BCUT2D eigenvalue weighted by Gasteiger charge is -2.34. The molecule has 1 aromatic rings. The highest BCUT2D eigenvalue weighted by atomic mass is 35.5. The molecule has 6 nitrogen and oxygen atoms in total. The predicted octanol–water partition coefficient (Wildman–Crippen LogP) is 1.17. The van der Waals surface area contributed by atoms with Crippen LogP contribution < -0.4 is 10.6 Å². The number of carbonyl (C=O) groups is 2. The number of amides is 2. The average molecular weight is 328 g/mol. The van der Waals surface area contributed by atoms with Crippen molar-refractivity contribution in [3.05, 3.63) is 24.2 Å². The molecule has 3 heterocycles. The van der Waals surface area contributed by atoms with Crippen molar-refractivity contribution < 1.29 is 14.0 Å². The second kappa shape index (κ2) is 7.65. The summed E-state index contributed by atoms with van der Waals surface area (Å²) in [5.74, 6) is 0.0740. The molecule has 2 amide bonds. The molecule has 2 aliphatic rings. The lowest BCUT2D eigenvalue weighted by molar-refractivity contribution is -0.127. The smallest absolute Gasteiger partial charge is 0.290 e. The quantitative estimate of drug-likeness (QED) is 0.874. The molecular formula is C15H22ClN3O3. The summed E-state index contributed by atoms with van der Waals surface area (Å²) in [6.45, 7) is 2.36. The van der Waals surface area contributed by atoms with Gasteiger partial charge in [-0.05, 0) is 44.4 Å². The number of furan rings is 1. The zero-order valence-corrected chi connectivity index (χ0v) is 13.2. The monoisotopic (exact) mass is 327 g/mol. The number of rotatable bonds is 3. The van der Waals surface area contributed by atoms with Crippen molar-refractivity contribution in [2.45, 2.75) is 37.8 Å². The van der Waals surface area contributed by atoms with E-state index in [0.29, 0.717) is 12.3 Å². The van der Waals surface area contributed by atoms with Crippen LogP contribution in [0.3, 0.4) is 0 Å². The van der Waals surface area contributed by atoms with Crippen LogP contribution in [0, 0.1) is 0 Å². The maximum Gasteiger partial charge on any atom is 0.290 e. The first-order valence-corrected chi connectivity index (χ1v) is 7.61. The van der Waals surface area contributed by atoms with Crippen molar-refractivity contribution in [1.29, 1.82) is 0 Å². The molecule has 0 bridgehead atoms. The number of piperidine rings is 1. The first kappa shape index (κ1) is 16.8. The minimum Gasteiger partial charge on any atom is -0.459 e. The Morgan fingerprint density at radius 2 is 2.18 bits per heavy atom. The zero-order valence-electron chi connectivity index (χ0n) is 12.4. The molecule has 2 atom stereocenters.